The third kappa shape index (κ3) is 4.45. The van der Waals surface area contributed by atoms with Crippen molar-refractivity contribution in [2.45, 2.75) is 44.7 Å². The third-order valence-corrected chi connectivity index (χ3v) is 5.92. The Morgan fingerprint density at radius 1 is 1.25 bits per heavy atom. The second-order valence-electron chi connectivity index (χ2n) is 7.60. The number of carbonyl (C=O) groups is 1. The molecule has 170 valence electrons. The minimum atomic E-state index is -0.629. The van der Waals surface area contributed by atoms with Gasteiger partial charge in [-0.05, 0) is 24.6 Å². The van der Waals surface area contributed by atoms with Gasteiger partial charge in [0.1, 0.15) is 16.2 Å². The van der Waals surface area contributed by atoms with Gasteiger partial charge in [0.2, 0.25) is 0 Å². The zero-order chi connectivity index (χ0) is 23.6. The molecule has 32 heavy (non-hydrogen) atoms. The molecule has 3 aromatic rings. The fourth-order valence-electron chi connectivity index (χ4n) is 3.20. The van der Waals surface area contributed by atoms with E-state index in [1.54, 1.807) is 0 Å². The lowest BCUT2D eigenvalue weighted by Crippen LogP contribution is -2.39. The summed E-state index contributed by atoms with van der Waals surface area (Å²) < 4.78 is 21.4. The number of hydrogen-bond acceptors (Lipinski definition) is 7. The molecule has 0 fully saturated rings. The maximum absolute atomic E-state index is 14.0. The van der Waals surface area contributed by atoms with Gasteiger partial charge in [-0.3, -0.25) is 18.7 Å². The second-order valence-corrected chi connectivity index (χ2v) is 8.56. The molecule has 0 saturated heterocycles. The number of carbonyl (C=O) groups excluding carboxylic acids is 1. The van der Waals surface area contributed by atoms with E-state index in [9.17, 15) is 18.8 Å². The average Bonchev–Trinajstić information content (AvgIpc) is 2.77. The van der Waals surface area contributed by atoms with Gasteiger partial charge < -0.3 is 4.74 Å². The Morgan fingerprint density at radius 2 is 1.97 bits per heavy atom. The monoisotopic (exact) mass is 460 g/mol. The van der Waals surface area contributed by atoms with Crippen LogP contribution in [0.3, 0.4) is 0 Å². The molecule has 0 bridgehead atoms. The molecule has 8 nitrogen and oxygen atoms in total. The van der Waals surface area contributed by atoms with E-state index < -0.39 is 17.1 Å². The maximum atomic E-state index is 14.0. The van der Waals surface area contributed by atoms with Gasteiger partial charge in [-0.2, -0.15) is 0 Å². The standard InChI is InChI=1S/C22H25FN4O4S/c1-6-9-27-19-17(21(29)26(4)22(27)30)20(25-18(24-19)12(2)3)32-11-15(28)13-7-8-16(31-5)14(23)10-13/h7-8,10,12H,6,9,11H2,1-5H3. The van der Waals surface area contributed by atoms with Crippen LogP contribution in [0.5, 0.6) is 5.75 Å². The number of thioether (sulfide) groups is 1. The first-order chi connectivity index (χ1) is 15.2. The van der Waals surface area contributed by atoms with E-state index in [2.05, 4.69) is 9.97 Å². The molecule has 3 rings (SSSR count). The highest BCUT2D eigenvalue weighted by Gasteiger charge is 2.21. The van der Waals surface area contributed by atoms with Crippen molar-refractivity contribution in [3.05, 3.63) is 56.2 Å². The summed E-state index contributed by atoms with van der Waals surface area (Å²) in [7, 11) is 2.76. The summed E-state index contributed by atoms with van der Waals surface area (Å²) in [6, 6.07) is 4.00. The number of aromatic nitrogens is 4. The van der Waals surface area contributed by atoms with Crippen molar-refractivity contribution in [3.8, 4) is 5.75 Å². The van der Waals surface area contributed by atoms with Crippen molar-refractivity contribution in [2.24, 2.45) is 7.05 Å². The minimum absolute atomic E-state index is 0.0509. The second kappa shape index (κ2) is 9.64. The van der Waals surface area contributed by atoms with Crippen LogP contribution in [0, 0.1) is 5.82 Å². The zero-order valence-corrected chi connectivity index (χ0v) is 19.5. The molecule has 0 spiro atoms. The zero-order valence-electron chi connectivity index (χ0n) is 18.6. The Hall–Kier alpha value is -3.01. The summed E-state index contributed by atoms with van der Waals surface area (Å²) in [5.41, 5.74) is -0.505. The van der Waals surface area contributed by atoms with Gasteiger partial charge in [0.25, 0.3) is 5.56 Å². The highest BCUT2D eigenvalue weighted by atomic mass is 32.2. The number of nitrogens with zero attached hydrogens (tertiary/aromatic N) is 4. The first-order valence-electron chi connectivity index (χ1n) is 10.2. The highest BCUT2D eigenvalue weighted by molar-refractivity contribution is 8.00. The molecule has 0 N–H and O–H groups in total. The number of aryl methyl sites for hydroxylation is 1. The van der Waals surface area contributed by atoms with Crippen LogP contribution in [0.25, 0.3) is 11.0 Å². The fraction of sp³-hybridized carbons (Fsp3) is 0.409. The average molecular weight is 461 g/mol. The SMILES string of the molecule is CCCn1c(=O)n(C)c(=O)c2c(SCC(=O)c3ccc(OC)c(F)c3)nc(C(C)C)nc21. The molecule has 2 aromatic heterocycles. The Balaban J connectivity index is 2.09. The van der Waals surface area contributed by atoms with Gasteiger partial charge >= 0.3 is 5.69 Å². The Kier molecular flexibility index (Phi) is 7.12. The molecule has 0 aliphatic rings. The van der Waals surface area contributed by atoms with Crippen molar-refractivity contribution in [1.29, 1.82) is 0 Å². The van der Waals surface area contributed by atoms with E-state index in [-0.39, 0.29) is 39.8 Å². The van der Waals surface area contributed by atoms with E-state index in [0.29, 0.717) is 23.8 Å². The fourth-order valence-corrected chi connectivity index (χ4v) is 4.11. The van der Waals surface area contributed by atoms with Gasteiger partial charge in [0.15, 0.2) is 23.0 Å². The molecular formula is C22H25FN4O4S. The van der Waals surface area contributed by atoms with Crippen LogP contribution in [-0.2, 0) is 13.6 Å². The van der Waals surface area contributed by atoms with Crippen LogP contribution in [-0.4, -0.2) is 37.7 Å². The summed E-state index contributed by atoms with van der Waals surface area (Å²) >= 11 is 1.07. The number of halogens is 1. The number of ether oxygens (including phenoxy) is 1. The van der Waals surface area contributed by atoms with Gasteiger partial charge in [-0.15, -0.1) is 0 Å². The molecular weight excluding hydrogens is 435 g/mol. The lowest BCUT2D eigenvalue weighted by atomic mass is 10.1. The lowest BCUT2D eigenvalue weighted by molar-refractivity contribution is 0.102. The first-order valence-corrected chi connectivity index (χ1v) is 11.2. The normalized spacial score (nSPS) is 11.3. The molecule has 0 aliphatic carbocycles. The highest BCUT2D eigenvalue weighted by Crippen LogP contribution is 2.26. The van der Waals surface area contributed by atoms with Crippen LogP contribution in [0.15, 0.2) is 32.8 Å². The Labute approximate surface area is 188 Å². The number of Topliss-reactive ketones (excluding diaryl/α,β-unsaturated/α-hetero) is 1. The number of ketones is 1. The van der Waals surface area contributed by atoms with E-state index in [0.717, 1.165) is 22.4 Å². The molecule has 2 heterocycles. The van der Waals surface area contributed by atoms with Crippen LogP contribution in [0.4, 0.5) is 4.39 Å². The molecule has 10 heteroatoms. The molecule has 0 aliphatic heterocycles. The van der Waals surface area contributed by atoms with Gasteiger partial charge in [-0.1, -0.05) is 32.5 Å². The largest absolute Gasteiger partial charge is 0.494 e. The summed E-state index contributed by atoms with van der Waals surface area (Å²) in [6.07, 6.45) is 0.679. The number of methoxy groups -OCH3 is 1. The van der Waals surface area contributed by atoms with Gasteiger partial charge in [0.05, 0.1) is 12.9 Å². The van der Waals surface area contributed by atoms with Crippen molar-refractivity contribution in [2.75, 3.05) is 12.9 Å². The van der Waals surface area contributed by atoms with Crippen molar-refractivity contribution < 1.29 is 13.9 Å². The molecule has 1 aromatic carbocycles. The van der Waals surface area contributed by atoms with E-state index in [4.69, 9.17) is 4.74 Å². The molecule has 0 radical (unpaired) electrons. The lowest BCUT2D eigenvalue weighted by Gasteiger charge is -2.15. The minimum Gasteiger partial charge on any atom is -0.494 e. The summed E-state index contributed by atoms with van der Waals surface area (Å²) in [6.45, 7) is 6.14. The smallest absolute Gasteiger partial charge is 0.332 e. The number of hydrogen-bond donors (Lipinski definition) is 0. The molecule has 0 atom stereocenters. The van der Waals surface area contributed by atoms with E-state index in [1.165, 1.54) is 30.9 Å². The third-order valence-electron chi connectivity index (χ3n) is 4.94. The van der Waals surface area contributed by atoms with E-state index >= 15 is 0 Å². The van der Waals surface area contributed by atoms with Crippen LogP contribution in [0.1, 0.15) is 49.3 Å². The van der Waals surface area contributed by atoms with Crippen LogP contribution in [0.2, 0.25) is 0 Å². The quantitative estimate of drug-likeness (QED) is 0.289. The van der Waals surface area contributed by atoms with Crippen molar-refractivity contribution in [1.82, 2.24) is 19.1 Å². The van der Waals surface area contributed by atoms with Gasteiger partial charge in [0, 0.05) is 25.1 Å². The predicted octanol–water partition coefficient (Wildman–Crippen LogP) is 3.15. The topological polar surface area (TPSA) is 96.1 Å². The predicted molar refractivity (Wildman–Crippen MR) is 121 cm³/mol. The Bertz CT molecular complexity index is 1300. The van der Waals surface area contributed by atoms with Gasteiger partial charge in [-0.25, -0.2) is 19.2 Å². The molecule has 0 unspecified atom stereocenters. The number of benzene rings is 1. The maximum Gasteiger partial charge on any atom is 0.332 e. The van der Waals surface area contributed by atoms with Crippen LogP contribution >= 0.6 is 11.8 Å². The number of fused-ring (bicyclic) bond motifs is 1. The summed E-state index contributed by atoms with van der Waals surface area (Å²) in [5.74, 6) is -0.552. The number of rotatable bonds is 8. The summed E-state index contributed by atoms with van der Waals surface area (Å²) in [5, 5.41) is 0.523. The van der Waals surface area contributed by atoms with Crippen molar-refractivity contribution >= 4 is 28.6 Å². The van der Waals surface area contributed by atoms with Crippen LogP contribution < -0.4 is 16.0 Å². The first kappa shape index (κ1) is 23.6. The van der Waals surface area contributed by atoms with Crippen molar-refractivity contribution in [3.63, 3.8) is 0 Å². The summed E-state index contributed by atoms with van der Waals surface area (Å²) in [4.78, 5) is 47.3. The molecule has 0 saturated carbocycles. The Morgan fingerprint density at radius 3 is 2.56 bits per heavy atom. The molecule has 0 amide bonds. The van der Waals surface area contributed by atoms with E-state index in [1.807, 2.05) is 20.8 Å².